The second-order valence-electron chi connectivity index (χ2n) is 6.70. The minimum atomic E-state index is -0.178. The first-order valence-corrected chi connectivity index (χ1v) is 7.21. The van der Waals surface area contributed by atoms with Crippen molar-refractivity contribution in [2.45, 2.75) is 58.8 Å². The van der Waals surface area contributed by atoms with E-state index < -0.39 is 0 Å². The molecule has 20 heavy (non-hydrogen) atoms. The van der Waals surface area contributed by atoms with Crippen molar-refractivity contribution in [3.05, 3.63) is 42.0 Å². The van der Waals surface area contributed by atoms with Gasteiger partial charge in [-0.15, -0.1) is 0 Å². The molecule has 0 saturated carbocycles. The van der Waals surface area contributed by atoms with E-state index in [1.807, 2.05) is 6.08 Å². The van der Waals surface area contributed by atoms with Crippen LogP contribution in [0.25, 0.3) is 6.08 Å². The molecule has 0 spiro atoms. The van der Waals surface area contributed by atoms with Crippen molar-refractivity contribution in [1.82, 2.24) is 0 Å². The predicted octanol–water partition coefficient (Wildman–Crippen LogP) is 4.83. The summed E-state index contributed by atoms with van der Waals surface area (Å²) in [6.45, 7) is 15.5. The minimum absolute atomic E-state index is 0.0867. The monoisotopic (exact) mass is 276 g/mol. The molecule has 0 bridgehead atoms. The Balaban J connectivity index is 2.39. The summed E-state index contributed by atoms with van der Waals surface area (Å²) in [5.41, 5.74) is 2.05. The predicted molar refractivity (Wildman–Crippen MR) is 85.7 cm³/mol. The quantitative estimate of drug-likeness (QED) is 0.710. The Morgan fingerprint density at radius 1 is 1.00 bits per heavy atom. The van der Waals surface area contributed by atoms with Crippen molar-refractivity contribution in [2.24, 2.45) is 0 Å². The lowest BCUT2D eigenvalue weighted by atomic mass is 10.1. The summed E-state index contributed by atoms with van der Waals surface area (Å²) < 4.78 is 11.8. The van der Waals surface area contributed by atoms with Crippen LogP contribution in [0.5, 0.6) is 0 Å². The van der Waals surface area contributed by atoms with E-state index in [0.29, 0.717) is 13.2 Å². The molecule has 0 atom stereocenters. The van der Waals surface area contributed by atoms with Crippen molar-refractivity contribution in [3.63, 3.8) is 0 Å². The average Bonchev–Trinajstić information content (AvgIpc) is 2.35. The second-order valence-corrected chi connectivity index (χ2v) is 6.70. The Labute approximate surface area is 123 Å². The Morgan fingerprint density at radius 2 is 1.60 bits per heavy atom. The molecule has 0 fully saturated rings. The largest absolute Gasteiger partial charge is 0.376 e. The molecule has 0 aliphatic carbocycles. The maximum Gasteiger partial charge on any atom is 0.0724 e. The van der Waals surface area contributed by atoms with Crippen LogP contribution >= 0.6 is 0 Å². The number of benzene rings is 1. The summed E-state index contributed by atoms with van der Waals surface area (Å²) in [6.07, 6.45) is 2.73. The zero-order chi connectivity index (χ0) is 15.2. The summed E-state index contributed by atoms with van der Waals surface area (Å²) >= 11 is 0. The molecular weight excluding hydrogens is 248 g/mol. The molecule has 0 unspecified atom stereocenters. The maximum absolute atomic E-state index is 6.00. The van der Waals surface area contributed by atoms with Crippen molar-refractivity contribution < 1.29 is 9.47 Å². The second kappa shape index (κ2) is 7.05. The van der Waals surface area contributed by atoms with Crippen LogP contribution in [0, 0.1) is 0 Å². The van der Waals surface area contributed by atoms with Gasteiger partial charge >= 0.3 is 0 Å². The van der Waals surface area contributed by atoms with Gasteiger partial charge in [0.25, 0.3) is 0 Å². The van der Waals surface area contributed by atoms with Gasteiger partial charge in [-0.3, -0.25) is 0 Å². The van der Waals surface area contributed by atoms with Gasteiger partial charge in [-0.2, -0.15) is 0 Å². The summed E-state index contributed by atoms with van der Waals surface area (Å²) in [4.78, 5) is 0. The SMILES string of the molecule is C=Cc1ccc(COC(C)(C)CCOC(C)(C)C)cc1. The Kier molecular flexibility index (Phi) is 5.97. The molecule has 0 amide bonds. The summed E-state index contributed by atoms with van der Waals surface area (Å²) in [7, 11) is 0. The van der Waals surface area contributed by atoms with Crippen LogP contribution in [0.4, 0.5) is 0 Å². The molecule has 0 saturated heterocycles. The lowest BCUT2D eigenvalue weighted by molar-refractivity contribution is -0.0730. The highest BCUT2D eigenvalue weighted by Crippen LogP contribution is 2.19. The fourth-order valence-electron chi connectivity index (χ4n) is 1.70. The van der Waals surface area contributed by atoms with Crippen molar-refractivity contribution in [2.75, 3.05) is 6.61 Å². The molecule has 0 N–H and O–H groups in total. The summed E-state index contributed by atoms with van der Waals surface area (Å²) in [6, 6.07) is 8.28. The van der Waals surface area contributed by atoms with Crippen LogP contribution in [0.15, 0.2) is 30.8 Å². The first-order chi connectivity index (χ1) is 9.22. The van der Waals surface area contributed by atoms with E-state index in [2.05, 4.69) is 65.5 Å². The van der Waals surface area contributed by atoms with Crippen LogP contribution in [-0.4, -0.2) is 17.8 Å². The number of hydrogen-bond donors (Lipinski definition) is 0. The van der Waals surface area contributed by atoms with Crippen molar-refractivity contribution in [1.29, 1.82) is 0 Å². The van der Waals surface area contributed by atoms with E-state index in [4.69, 9.17) is 9.47 Å². The normalized spacial score (nSPS) is 12.4. The molecular formula is C18H28O2. The van der Waals surface area contributed by atoms with Gasteiger partial charge in [0.15, 0.2) is 0 Å². The molecule has 2 nitrogen and oxygen atoms in total. The third-order valence-corrected chi connectivity index (χ3v) is 3.08. The Hall–Kier alpha value is -1.12. The Morgan fingerprint density at radius 3 is 2.10 bits per heavy atom. The molecule has 0 aliphatic heterocycles. The van der Waals surface area contributed by atoms with Crippen LogP contribution < -0.4 is 0 Å². The highest BCUT2D eigenvalue weighted by atomic mass is 16.5. The molecule has 0 radical (unpaired) electrons. The molecule has 1 aromatic carbocycles. The minimum Gasteiger partial charge on any atom is -0.376 e. The molecule has 0 aliphatic rings. The lowest BCUT2D eigenvalue weighted by Gasteiger charge is -2.28. The summed E-state index contributed by atoms with van der Waals surface area (Å²) in [5.74, 6) is 0. The van der Waals surface area contributed by atoms with Gasteiger partial charge in [-0.25, -0.2) is 0 Å². The van der Waals surface area contributed by atoms with Gasteiger partial charge in [-0.1, -0.05) is 36.9 Å². The third kappa shape index (κ3) is 6.88. The van der Waals surface area contributed by atoms with Gasteiger partial charge in [0.1, 0.15) is 0 Å². The average molecular weight is 276 g/mol. The van der Waals surface area contributed by atoms with Crippen LogP contribution in [-0.2, 0) is 16.1 Å². The van der Waals surface area contributed by atoms with Gasteiger partial charge in [0, 0.05) is 6.61 Å². The lowest BCUT2D eigenvalue weighted by Crippen LogP contribution is -2.29. The number of hydrogen-bond acceptors (Lipinski definition) is 2. The van der Waals surface area contributed by atoms with E-state index in [1.54, 1.807) is 0 Å². The van der Waals surface area contributed by atoms with E-state index in [-0.39, 0.29) is 11.2 Å². The summed E-state index contributed by atoms with van der Waals surface area (Å²) in [5, 5.41) is 0. The fourth-order valence-corrected chi connectivity index (χ4v) is 1.70. The first kappa shape index (κ1) is 16.9. The number of rotatable bonds is 7. The topological polar surface area (TPSA) is 18.5 Å². The highest BCUT2D eigenvalue weighted by molar-refractivity contribution is 5.47. The van der Waals surface area contributed by atoms with Crippen molar-refractivity contribution >= 4 is 6.08 Å². The smallest absolute Gasteiger partial charge is 0.0724 e. The molecule has 0 aromatic heterocycles. The number of ether oxygens (including phenoxy) is 2. The van der Waals surface area contributed by atoms with Gasteiger partial charge in [0.2, 0.25) is 0 Å². The zero-order valence-corrected chi connectivity index (χ0v) is 13.5. The Bertz CT molecular complexity index is 410. The van der Waals surface area contributed by atoms with Crippen LogP contribution in [0.3, 0.4) is 0 Å². The van der Waals surface area contributed by atoms with Gasteiger partial charge < -0.3 is 9.47 Å². The van der Waals surface area contributed by atoms with Crippen molar-refractivity contribution in [3.8, 4) is 0 Å². The molecule has 112 valence electrons. The maximum atomic E-state index is 6.00. The molecule has 1 rings (SSSR count). The van der Waals surface area contributed by atoms with E-state index in [9.17, 15) is 0 Å². The molecule has 0 heterocycles. The third-order valence-electron chi connectivity index (χ3n) is 3.08. The van der Waals surface area contributed by atoms with Crippen LogP contribution in [0.1, 0.15) is 52.2 Å². The first-order valence-electron chi connectivity index (χ1n) is 7.21. The standard InChI is InChI=1S/C18H28O2/c1-7-15-8-10-16(11-9-15)14-20-18(5,6)12-13-19-17(2,3)4/h7-11H,1,12-14H2,2-6H3. The molecule has 2 heteroatoms. The van der Waals surface area contributed by atoms with E-state index in [0.717, 1.165) is 12.0 Å². The van der Waals surface area contributed by atoms with Crippen LogP contribution in [0.2, 0.25) is 0 Å². The van der Waals surface area contributed by atoms with E-state index in [1.165, 1.54) is 5.56 Å². The fraction of sp³-hybridized carbons (Fsp3) is 0.556. The highest BCUT2D eigenvalue weighted by Gasteiger charge is 2.20. The van der Waals surface area contributed by atoms with Gasteiger partial charge in [0.05, 0.1) is 17.8 Å². The van der Waals surface area contributed by atoms with E-state index >= 15 is 0 Å². The zero-order valence-electron chi connectivity index (χ0n) is 13.5. The van der Waals surface area contributed by atoms with Gasteiger partial charge in [-0.05, 0) is 52.2 Å². The molecule has 1 aromatic rings.